The van der Waals surface area contributed by atoms with Gasteiger partial charge in [0.2, 0.25) is 5.56 Å². The molecule has 1 aromatic heterocycles. The first-order valence-electron chi connectivity index (χ1n) is 3.18. The van der Waals surface area contributed by atoms with Crippen LogP contribution in [0.15, 0.2) is 16.9 Å². The van der Waals surface area contributed by atoms with E-state index in [1.165, 1.54) is 6.92 Å². The molecule has 0 aliphatic rings. The van der Waals surface area contributed by atoms with Crippen molar-refractivity contribution in [1.29, 1.82) is 0 Å². The molecule has 0 saturated heterocycles. The fraction of sp³-hybridized carbons (Fsp3) is 0.286. The number of nitrogens with one attached hydrogen (secondary N) is 1. The Morgan fingerprint density at radius 1 is 1.33 bits per heavy atom. The van der Waals surface area contributed by atoms with Gasteiger partial charge in [0, 0.05) is 6.07 Å². The fourth-order valence-corrected chi connectivity index (χ4v) is 0.834. The van der Waals surface area contributed by atoms with Gasteiger partial charge in [0.1, 0.15) is 5.69 Å². The van der Waals surface area contributed by atoms with Crippen LogP contribution in [0.2, 0.25) is 0 Å². The Bertz CT molecular complexity index is 339. The number of halogens is 3. The molecule has 0 aliphatic heterocycles. The van der Waals surface area contributed by atoms with Crippen molar-refractivity contribution in [2.24, 2.45) is 0 Å². The molecule has 1 heterocycles. The molecule has 66 valence electrons. The van der Waals surface area contributed by atoms with Crippen LogP contribution in [0.4, 0.5) is 13.2 Å². The highest BCUT2D eigenvalue weighted by Crippen LogP contribution is 2.26. The first-order chi connectivity index (χ1) is 5.39. The summed E-state index contributed by atoms with van der Waals surface area (Å²) in [6, 6.07) is 2.00. The smallest absolute Gasteiger partial charge is 0.318 e. The Kier molecular flexibility index (Phi) is 1.95. The van der Waals surface area contributed by atoms with E-state index in [1.807, 2.05) is 0 Å². The summed E-state index contributed by atoms with van der Waals surface area (Å²) in [6.07, 6.45) is -4.48. The Hall–Kier alpha value is -1.26. The van der Waals surface area contributed by atoms with Gasteiger partial charge < -0.3 is 4.98 Å². The Morgan fingerprint density at radius 2 is 1.92 bits per heavy atom. The lowest BCUT2D eigenvalue weighted by atomic mass is 10.2. The largest absolute Gasteiger partial charge is 0.431 e. The van der Waals surface area contributed by atoms with Gasteiger partial charge >= 0.3 is 6.18 Å². The summed E-state index contributed by atoms with van der Waals surface area (Å²) >= 11 is 0. The second-order valence-electron chi connectivity index (χ2n) is 2.43. The van der Waals surface area contributed by atoms with E-state index >= 15 is 0 Å². The number of aromatic amines is 1. The highest BCUT2D eigenvalue weighted by atomic mass is 19.4. The lowest BCUT2D eigenvalue weighted by Gasteiger charge is -2.05. The number of alkyl halides is 3. The van der Waals surface area contributed by atoms with Gasteiger partial charge in [-0.1, -0.05) is 0 Å². The summed E-state index contributed by atoms with van der Waals surface area (Å²) in [5.41, 5.74) is -1.44. The zero-order valence-electron chi connectivity index (χ0n) is 6.20. The number of hydrogen-bond acceptors (Lipinski definition) is 1. The van der Waals surface area contributed by atoms with Gasteiger partial charge in [0.25, 0.3) is 0 Å². The predicted octanol–water partition coefficient (Wildman–Crippen LogP) is 1.70. The lowest BCUT2D eigenvalue weighted by molar-refractivity contribution is -0.141. The maximum atomic E-state index is 12.0. The molecule has 12 heavy (non-hydrogen) atoms. The normalized spacial score (nSPS) is 11.7. The average Bonchev–Trinajstić information content (AvgIpc) is 1.82. The molecule has 0 atom stereocenters. The number of H-pyrrole nitrogens is 1. The first-order valence-corrected chi connectivity index (χ1v) is 3.18. The number of pyridine rings is 1. The van der Waals surface area contributed by atoms with Gasteiger partial charge in [-0.05, 0) is 18.6 Å². The third kappa shape index (κ3) is 1.87. The summed E-state index contributed by atoms with van der Waals surface area (Å²) in [5, 5.41) is 0. The van der Waals surface area contributed by atoms with Crippen LogP contribution in [0.25, 0.3) is 0 Å². The maximum Gasteiger partial charge on any atom is 0.431 e. The van der Waals surface area contributed by atoms with E-state index in [1.54, 1.807) is 4.98 Å². The van der Waals surface area contributed by atoms with Crippen molar-refractivity contribution in [1.82, 2.24) is 4.98 Å². The van der Waals surface area contributed by atoms with E-state index in [2.05, 4.69) is 0 Å². The molecule has 0 saturated carbocycles. The van der Waals surface area contributed by atoms with Crippen LogP contribution >= 0.6 is 0 Å². The minimum absolute atomic E-state index is 0.297. The quantitative estimate of drug-likeness (QED) is 0.642. The van der Waals surface area contributed by atoms with Crippen LogP contribution in [0.1, 0.15) is 11.3 Å². The molecule has 0 unspecified atom stereocenters. The van der Waals surface area contributed by atoms with Crippen molar-refractivity contribution < 1.29 is 13.2 Å². The van der Waals surface area contributed by atoms with Gasteiger partial charge in [-0.15, -0.1) is 0 Å². The maximum absolute atomic E-state index is 12.0. The van der Waals surface area contributed by atoms with Gasteiger partial charge in [-0.25, -0.2) is 0 Å². The van der Waals surface area contributed by atoms with Gasteiger partial charge in [-0.2, -0.15) is 13.2 Å². The van der Waals surface area contributed by atoms with Crippen molar-refractivity contribution >= 4 is 0 Å². The predicted molar refractivity (Wildman–Crippen MR) is 36.8 cm³/mol. The zero-order chi connectivity index (χ0) is 9.35. The van der Waals surface area contributed by atoms with E-state index < -0.39 is 17.4 Å². The van der Waals surface area contributed by atoms with E-state index in [9.17, 15) is 18.0 Å². The van der Waals surface area contributed by atoms with Crippen molar-refractivity contribution in [2.75, 3.05) is 0 Å². The number of hydrogen-bond donors (Lipinski definition) is 1. The third-order valence-corrected chi connectivity index (χ3v) is 1.29. The van der Waals surface area contributed by atoms with Crippen LogP contribution in [0, 0.1) is 6.92 Å². The second-order valence-corrected chi connectivity index (χ2v) is 2.43. The molecule has 1 N–H and O–H groups in total. The summed E-state index contributed by atoms with van der Waals surface area (Å²) < 4.78 is 35.9. The van der Waals surface area contributed by atoms with Gasteiger partial charge in [0.15, 0.2) is 0 Å². The number of rotatable bonds is 0. The molecule has 5 heteroatoms. The highest BCUT2D eigenvalue weighted by Gasteiger charge is 2.31. The molecule has 2 nitrogen and oxygen atoms in total. The monoisotopic (exact) mass is 177 g/mol. The number of aryl methyl sites for hydroxylation is 1. The fourth-order valence-electron chi connectivity index (χ4n) is 0.834. The van der Waals surface area contributed by atoms with E-state index in [4.69, 9.17) is 0 Å². The van der Waals surface area contributed by atoms with Crippen LogP contribution in [-0.2, 0) is 6.18 Å². The molecule has 0 spiro atoms. The topological polar surface area (TPSA) is 32.9 Å². The molecular formula is C7H6F3NO. The summed E-state index contributed by atoms with van der Waals surface area (Å²) in [5.74, 6) is 0. The summed E-state index contributed by atoms with van der Waals surface area (Å²) in [7, 11) is 0. The summed E-state index contributed by atoms with van der Waals surface area (Å²) in [6.45, 7) is 1.44. The van der Waals surface area contributed by atoms with Crippen molar-refractivity contribution in [2.45, 2.75) is 13.1 Å². The molecule has 1 rings (SSSR count). The first kappa shape index (κ1) is 8.83. The van der Waals surface area contributed by atoms with Gasteiger partial charge in [-0.3, -0.25) is 4.79 Å². The third-order valence-electron chi connectivity index (χ3n) is 1.29. The molecule has 0 aromatic carbocycles. The molecule has 0 fully saturated rings. The van der Waals surface area contributed by atoms with Crippen LogP contribution in [0.3, 0.4) is 0 Å². The average molecular weight is 177 g/mol. The molecule has 1 aromatic rings. The Morgan fingerprint density at radius 3 is 2.33 bits per heavy atom. The highest BCUT2D eigenvalue weighted by molar-refractivity contribution is 5.16. The minimum atomic E-state index is -4.48. The van der Waals surface area contributed by atoms with E-state index in [-0.39, 0.29) is 0 Å². The van der Waals surface area contributed by atoms with E-state index in [0.717, 1.165) is 12.1 Å². The minimum Gasteiger partial charge on any atom is -0.318 e. The lowest BCUT2D eigenvalue weighted by Crippen LogP contribution is -2.15. The zero-order valence-corrected chi connectivity index (χ0v) is 6.20. The molecule has 0 amide bonds. The van der Waals surface area contributed by atoms with E-state index in [0.29, 0.717) is 5.56 Å². The number of aromatic nitrogens is 1. The van der Waals surface area contributed by atoms with Crippen molar-refractivity contribution in [3.05, 3.63) is 33.7 Å². The molecule has 0 bridgehead atoms. The van der Waals surface area contributed by atoms with Crippen LogP contribution in [0.5, 0.6) is 0 Å². The molecule has 0 aliphatic carbocycles. The van der Waals surface area contributed by atoms with Crippen LogP contribution in [-0.4, -0.2) is 4.98 Å². The standard InChI is InChI=1S/C7H6F3NO/c1-4-2-5(7(8,9)10)11-6(12)3-4/h2-3H,1H3,(H,11,12). The Balaban J connectivity index is 3.27. The molecular weight excluding hydrogens is 171 g/mol. The SMILES string of the molecule is Cc1cc(C(F)(F)F)[nH]c(=O)c1. The van der Waals surface area contributed by atoms with Crippen LogP contribution < -0.4 is 5.56 Å². The van der Waals surface area contributed by atoms with Crippen molar-refractivity contribution in [3.8, 4) is 0 Å². The van der Waals surface area contributed by atoms with Crippen molar-refractivity contribution in [3.63, 3.8) is 0 Å². The molecule has 0 radical (unpaired) electrons. The Labute approximate surface area is 66.0 Å². The summed E-state index contributed by atoms with van der Waals surface area (Å²) in [4.78, 5) is 12.3. The second kappa shape index (κ2) is 2.66. The van der Waals surface area contributed by atoms with Gasteiger partial charge in [0.05, 0.1) is 0 Å².